The van der Waals surface area contributed by atoms with Gasteiger partial charge in [-0.1, -0.05) is 6.07 Å². The summed E-state index contributed by atoms with van der Waals surface area (Å²) in [5.41, 5.74) is 1.23. The van der Waals surface area contributed by atoms with Gasteiger partial charge >= 0.3 is 5.97 Å². The molecule has 2 heterocycles. The number of nitrogens with zero attached hydrogens (tertiary/aromatic N) is 2. The Bertz CT molecular complexity index is 408. The number of pyridine rings is 1. The Balaban J connectivity index is 2.22. The van der Waals surface area contributed by atoms with Crippen LogP contribution in [0.25, 0.3) is 0 Å². The zero-order chi connectivity index (χ0) is 13.0. The third-order valence-corrected chi connectivity index (χ3v) is 3.94. The smallest absolute Gasteiger partial charge is 0.361 e. The van der Waals surface area contributed by atoms with E-state index in [2.05, 4.69) is 18.1 Å². The number of ether oxygens (including phenoxy) is 1. The maximum Gasteiger partial charge on any atom is 0.361 e. The Hall–Kier alpha value is -1.42. The molecule has 0 amide bonds. The summed E-state index contributed by atoms with van der Waals surface area (Å²) >= 11 is 0. The molecule has 0 N–H and O–H groups in total. The second kappa shape index (κ2) is 5.48. The Labute approximate surface area is 108 Å². The highest BCUT2D eigenvalue weighted by Gasteiger charge is 2.38. The van der Waals surface area contributed by atoms with Gasteiger partial charge in [0, 0.05) is 24.4 Å². The van der Waals surface area contributed by atoms with Crippen LogP contribution >= 0.6 is 0 Å². The van der Waals surface area contributed by atoms with Crippen LogP contribution in [0.4, 0.5) is 0 Å². The number of carbonyl (C=O) groups excluding carboxylic acids is 1. The van der Waals surface area contributed by atoms with Crippen molar-refractivity contribution in [2.45, 2.75) is 25.3 Å². The van der Waals surface area contributed by atoms with Crippen molar-refractivity contribution in [2.24, 2.45) is 0 Å². The van der Waals surface area contributed by atoms with Crippen LogP contribution in [-0.2, 0) is 9.53 Å². The molecule has 1 aromatic heterocycles. The molecule has 1 aliphatic heterocycles. The number of hydrogen-bond acceptors (Lipinski definition) is 3. The fourth-order valence-electron chi connectivity index (χ4n) is 2.93. The number of carbonyl (C=O) groups is 1. The van der Waals surface area contributed by atoms with Gasteiger partial charge in [-0.15, -0.1) is 0 Å². The summed E-state index contributed by atoms with van der Waals surface area (Å²) in [6, 6.07) is 4.43. The van der Waals surface area contributed by atoms with Gasteiger partial charge < -0.3 is 9.22 Å². The van der Waals surface area contributed by atoms with Crippen molar-refractivity contribution < 1.29 is 14.0 Å². The lowest BCUT2D eigenvalue weighted by atomic mass is 9.94. The molecule has 1 unspecified atom stereocenters. The lowest BCUT2D eigenvalue weighted by Gasteiger charge is -2.44. The molecule has 4 nitrogen and oxygen atoms in total. The van der Waals surface area contributed by atoms with Crippen molar-refractivity contribution in [1.29, 1.82) is 0 Å². The SMILES string of the molecule is COC(=O)C[N+]1(C)CCCC[C@@H]1c1cccnc1. The van der Waals surface area contributed by atoms with Crippen LogP contribution in [0.15, 0.2) is 24.5 Å². The monoisotopic (exact) mass is 249 g/mol. The summed E-state index contributed by atoms with van der Waals surface area (Å²) < 4.78 is 5.57. The van der Waals surface area contributed by atoms with E-state index >= 15 is 0 Å². The standard InChI is InChI=1S/C14H21N2O2/c1-16(11-14(17)18-2)9-4-3-7-13(16)12-6-5-8-15-10-12/h5-6,8,10,13H,3-4,7,9,11H2,1-2H3/q+1/t13-,16?/m1/s1. The molecule has 0 bridgehead atoms. The molecule has 1 aliphatic rings. The minimum absolute atomic E-state index is 0.131. The predicted octanol–water partition coefficient (Wildman–Crippen LogP) is 1.93. The highest BCUT2D eigenvalue weighted by molar-refractivity contribution is 5.70. The fourth-order valence-corrected chi connectivity index (χ4v) is 2.93. The number of esters is 1. The van der Waals surface area contributed by atoms with Crippen LogP contribution in [-0.4, -0.2) is 42.7 Å². The summed E-state index contributed by atoms with van der Waals surface area (Å²) in [4.78, 5) is 15.8. The zero-order valence-corrected chi connectivity index (χ0v) is 11.1. The Kier molecular flexibility index (Phi) is 3.97. The normalized spacial score (nSPS) is 27.8. The van der Waals surface area contributed by atoms with E-state index in [4.69, 9.17) is 4.74 Å². The van der Waals surface area contributed by atoms with E-state index in [1.54, 1.807) is 6.20 Å². The molecule has 2 rings (SSSR count). The summed E-state index contributed by atoms with van der Waals surface area (Å²) in [6.45, 7) is 1.46. The number of likely N-dealkylation sites (tertiary alicyclic amines) is 1. The first-order valence-corrected chi connectivity index (χ1v) is 6.47. The minimum Gasteiger partial charge on any atom is -0.465 e. The van der Waals surface area contributed by atoms with Crippen molar-refractivity contribution in [3.8, 4) is 0 Å². The van der Waals surface area contributed by atoms with Gasteiger partial charge in [0.25, 0.3) is 0 Å². The molecule has 1 saturated heterocycles. The molecule has 0 radical (unpaired) electrons. The average molecular weight is 249 g/mol. The number of methoxy groups -OCH3 is 1. The Morgan fingerprint density at radius 3 is 3.06 bits per heavy atom. The van der Waals surface area contributed by atoms with Gasteiger partial charge in [-0.05, 0) is 18.9 Å². The zero-order valence-electron chi connectivity index (χ0n) is 11.1. The number of aromatic nitrogens is 1. The fraction of sp³-hybridized carbons (Fsp3) is 0.571. The number of likely N-dealkylation sites (N-methyl/N-ethyl adjacent to an activating group) is 1. The van der Waals surface area contributed by atoms with Crippen LogP contribution in [0.3, 0.4) is 0 Å². The number of rotatable bonds is 3. The lowest BCUT2D eigenvalue weighted by Crippen LogP contribution is -2.53. The van der Waals surface area contributed by atoms with E-state index in [0.29, 0.717) is 12.6 Å². The molecular formula is C14H21N2O2+. The summed E-state index contributed by atoms with van der Waals surface area (Å²) in [5, 5.41) is 0. The quantitative estimate of drug-likeness (QED) is 0.607. The van der Waals surface area contributed by atoms with Crippen molar-refractivity contribution in [2.75, 3.05) is 27.2 Å². The number of piperidine rings is 1. The van der Waals surface area contributed by atoms with Gasteiger partial charge in [0.05, 0.1) is 20.7 Å². The van der Waals surface area contributed by atoms with E-state index in [9.17, 15) is 4.79 Å². The van der Waals surface area contributed by atoms with Gasteiger partial charge in [0.2, 0.25) is 0 Å². The van der Waals surface area contributed by atoms with Crippen molar-refractivity contribution >= 4 is 5.97 Å². The van der Waals surface area contributed by atoms with Crippen molar-refractivity contribution in [3.05, 3.63) is 30.1 Å². The molecule has 1 aromatic rings. The molecule has 0 spiro atoms. The first-order valence-electron chi connectivity index (χ1n) is 6.47. The average Bonchev–Trinajstić information content (AvgIpc) is 2.39. The molecule has 18 heavy (non-hydrogen) atoms. The van der Waals surface area contributed by atoms with E-state index < -0.39 is 0 Å². The largest absolute Gasteiger partial charge is 0.465 e. The second-order valence-corrected chi connectivity index (χ2v) is 5.24. The molecule has 98 valence electrons. The molecular weight excluding hydrogens is 228 g/mol. The lowest BCUT2D eigenvalue weighted by molar-refractivity contribution is -0.937. The highest BCUT2D eigenvalue weighted by atomic mass is 16.5. The van der Waals surface area contributed by atoms with Gasteiger partial charge in [0.1, 0.15) is 6.04 Å². The summed E-state index contributed by atoms with van der Waals surface area (Å²) in [7, 11) is 3.60. The molecule has 0 aromatic carbocycles. The summed E-state index contributed by atoms with van der Waals surface area (Å²) in [5.74, 6) is -0.131. The first-order chi connectivity index (χ1) is 8.65. The van der Waals surface area contributed by atoms with Crippen LogP contribution in [0, 0.1) is 0 Å². The van der Waals surface area contributed by atoms with Gasteiger partial charge in [-0.3, -0.25) is 4.98 Å². The van der Waals surface area contributed by atoms with Crippen LogP contribution in [0.1, 0.15) is 30.9 Å². The van der Waals surface area contributed by atoms with Crippen LogP contribution in [0.5, 0.6) is 0 Å². The van der Waals surface area contributed by atoms with Crippen molar-refractivity contribution in [3.63, 3.8) is 0 Å². The predicted molar refractivity (Wildman–Crippen MR) is 68.8 cm³/mol. The molecule has 0 saturated carbocycles. The molecule has 4 heteroatoms. The highest BCUT2D eigenvalue weighted by Crippen LogP contribution is 2.35. The van der Waals surface area contributed by atoms with Gasteiger partial charge in [0.15, 0.2) is 6.54 Å². The van der Waals surface area contributed by atoms with Crippen LogP contribution in [0.2, 0.25) is 0 Å². The van der Waals surface area contributed by atoms with E-state index in [0.717, 1.165) is 17.4 Å². The topological polar surface area (TPSA) is 39.2 Å². The minimum atomic E-state index is -0.131. The van der Waals surface area contributed by atoms with E-state index in [1.165, 1.54) is 25.5 Å². The van der Waals surface area contributed by atoms with E-state index in [-0.39, 0.29) is 5.97 Å². The summed E-state index contributed by atoms with van der Waals surface area (Å²) in [6.07, 6.45) is 7.21. The first kappa shape index (κ1) is 13.0. The van der Waals surface area contributed by atoms with Gasteiger partial charge in [-0.2, -0.15) is 0 Å². The number of quaternary nitrogens is 1. The van der Waals surface area contributed by atoms with Crippen molar-refractivity contribution in [1.82, 2.24) is 4.98 Å². The maximum atomic E-state index is 11.6. The maximum absolute atomic E-state index is 11.6. The second-order valence-electron chi connectivity index (χ2n) is 5.24. The number of hydrogen-bond donors (Lipinski definition) is 0. The third kappa shape index (κ3) is 2.70. The Morgan fingerprint density at radius 1 is 1.56 bits per heavy atom. The molecule has 1 fully saturated rings. The van der Waals surface area contributed by atoms with Crippen LogP contribution < -0.4 is 0 Å². The van der Waals surface area contributed by atoms with E-state index in [1.807, 2.05) is 12.3 Å². The molecule has 2 atom stereocenters. The third-order valence-electron chi connectivity index (χ3n) is 3.94. The Morgan fingerprint density at radius 2 is 2.39 bits per heavy atom. The van der Waals surface area contributed by atoms with Gasteiger partial charge in [-0.25, -0.2) is 4.79 Å². The molecule has 0 aliphatic carbocycles.